The molecule has 2 heterocycles. The molecule has 2 aromatic rings. The van der Waals surface area contributed by atoms with Crippen molar-refractivity contribution in [1.82, 2.24) is 9.97 Å². The van der Waals surface area contributed by atoms with Crippen molar-refractivity contribution in [2.45, 2.75) is 6.42 Å². The molecule has 3 heteroatoms. The standard InChI is InChI=1S/C14H9N3/c1-2-4-11-9(3-1)10-7-13-14(8-12(10)17-11)16-6-5-15-13/h1-3,5-8H,4H2. The van der Waals surface area contributed by atoms with Gasteiger partial charge < -0.3 is 0 Å². The van der Waals surface area contributed by atoms with E-state index in [-0.39, 0.29) is 0 Å². The molecule has 4 rings (SSSR count). The van der Waals surface area contributed by atoms with E-state index in [9.17, 15) is 0 Å². The summed E-state index contributed by atoms with van der Waals surface area (Å²) in [7, 11) is 0. The van der Waals surface area contributed by atoms with Crippen LogP contribution in [0.2, 0.25) is 0 Å². The first kappa shape index (κ1) is 8.82. The number of hydrogen-bond donors (Lipinski definition) is 0. The fraction of sp³-hybridized carbons (Fsp3) is 0.0714. The Morgan fingerprint density at radius 1 is 1.00 bits per heavy atom. The van der Waals surface area contributed by atoms with E-state index in [4.69, 9.17) is 0 Å². The third-order valence-corrected chi connectivity index (χ3v) is 3.15. The van der Waals surface area contributed by atoms with Crippen LogP contribution >= 0.6 is 0 Å². The van der Waals surface area contributed by atoms with Gasteiger partial charge in [-0.05, 0) is 12.1 Å². The van der Waals surface area contributed by atoms with Crippen molar-refractivity contribution >= 4 is 28.0 Å². The normalized spacial score (nSPS) is 16.5. The first-order chi connectivity index (χ1) is 8.42. The van der Waals surface area contributed by atoms with Crippen molar-refractivity contribution in [3.8, 4) is 0 Å². The van der Waals surface area contributed by atoms with Gasteiger partial charge in [0.15, 0.2) is 0 Å². The van der Waals surface area contributed by atoms with Gasteiger partial charge in [0.25, 0.3) is 0 Å². The van der Waals surface area contributed by atoms with Gasteiger partial charge in [-0.15, -0.1) is 0 Å². The van der Waals surface area contributed by atoms with Crippen LogP contribution in [0.5, 0.6) is 0 Å². The van der Waals surface area contributed by atoms with Gasteiger partial charge in [-0.3, -0.25) is 15.0 Å². The van der Waals surface area contributed by atoms with Gasteiger partial charge in [-0.1, -0.05) is 18.2 Å². The van der Waals surface area contributed by atoms with Crippen LogP contribution in [-0.4, -0.2) is 15.7 Å². The second kappa shape index (κ2) is 3.10. The molecule has 80 valence electrons. The van der Waals surface area contributed by atoms with Crippen LogP contribution in [0.4, 0.5) is 5.69 Å². The predicted molar refractivity (Wildman–Crippen MR) is 68.4 cm³/mol. The molecule has 0 saturated carbocycles. The summed E-state index contributed by atoms with van der Waals surface area (Å²) in [5.41, 5.74) is 6.41. The molecule has 1 aromatic carbocycles. The maximum atomic E-state index is 4.65. The van der Waals surface area contributed by atoms with E-state index in [1.807, 2.05) is 6.07 Å². The predicted octanol–water partition coefficient (Wildman–Crippen LogP) is 3.06. The molecule has 0 atom stereocenters. The molecule has 0 fully saturated rings. The summed E-state index contributed by atoms with van der Waals surface area (Å²) in [6.07, 6.45) is 10.7. The van der Waals surface area contributed by atoms with E-state index in [1.54, 1.807) is 12.4 Å². The topological polar surface area (TPSA) is 38.1 Å². The molecule has 0 radical (unpaired) electrons. The molecule has 0 saturated heterocycles. The van der Waals surface area contributed by atoms with E-state index in [1.165, 1.54) is 11.1 Å². The minimum Gasteiger partial charge on any atom is -0.253 e. The van der Waals surface area contributed by atoms with Gasteiger partial charge in [-0.2, -0.15) is 0 Å². The molecular formula is C14H9N3. The Hall–Kier alpha value is -2.29. The summed E-state index contributed by atoms with van der Waals surface area (Å²) in [6, 6.07) is 4.10. The molecule has 0 N–H and O–H groups in total. The third-order valence-electron chi connectivity index (χ3n) is 3.15. The first-order valence-corrected chi connectivity index (χ1v) is 5.62. The highest BCUT2D eigenvalue weighted by Crippen LogP contribution is 2.38. The Morgan fingerprint density at radius 3 is 2.71 bits per heavy atom. The summed E-state index contributed by atoms with van der Waals surface area (Å²) in [6.45, 7) is 0. The Bertz CT molecular complexity index is 723. The molecule has 0 bridgehead atoms. The molecule has 0 amide bonds. The molecule has 0 unspecified atom stereocenters. The summed E-state index contributed by atoms with van der Waals surface area (Å²) < 4.78 is 0. The third kappa shape index (κ3) is 1.19. The molecular weight excluding hydrogens is 210 g/mol. The monoisotopic (exact) mass is 219 g/mol. The van der Waals surface area contributed by atoms with Crippen LogP contribution < -0.4 is 0 Å². The van der Waals surface area contributed by atoms with E-state index in [2.05, 4.69) is 39.3 Å². The van der Waals surface area contributed by atoms with Crippen LogP contribution in [0.15, 0.2) is 47.7 Å². The zero-order chi connectivity index (χ0) is 11.2. The van der Waals surface area contributed by atoms with Gasteiger partial charge >= 0.3 is 0 Å². The van der Waals surface area contributed by atoms with Crippen molar-refractivity contribution in [1.29, 1.82) is 0 Å². The molecule has 3 nitrogen and oxygen atoms in total. The largest absolute Gasteiger partial charge is 0.253 e. The number of rotatable bonds is 0. The van der Waals surface area contributed by atoms with Crippen molar-refractivity contribution < 1.29 is 0 Å². The first-order valence-electron chi connectivity index (χ1n) is 5.62. The zero-order valence-electron chi connectivity index (χ0n) is 9.09. The molecule has 17 heavy (non-hydrogen) atoms. The lowest BCUT2D eigenvalue weighted by Gasteiger charge is -2.05. The number of fused-ring (bicyclic) bond motifs is 4. The minimum absolute atomic E-state index is 0.905. The van der Waals surface area contributed by atoms with Crippen molar-refractivity contribution in [2.24, 2.45) is 4.99 Å². The van der Waals surface area contributed by atoms with Crippen molar-refractivity contribution in [2.75, 3.05) is 0 Å². The number of hydrogen-bond acceptors (Lipinski definition) is 3. The number of aliphatic imine (C=N–C) groups is 1. The van der Waals surface area contributed by atoms with E-state index in [0.29, 0.717) is 0 Å². The van der Waals surface area contributed by atoms with Crippen LogP contribution in [-0.2, 0) is 0 Å². The smallest absolute Gasteiger partial charge is 0.0908 e. The van der Waals surface area contributed by atoms with E-state index in [0.717, 1.165) is 28.9 Å². The number of allylic oxidation sites excluding steroid dienone is 4. The number of benzene rings is 1. The summed E-state index contributed by atoms with van der Waals surface area (Å²) in [4.78, 5) is 13.3. The lowest BCUT2D eigenvalue weighted by Crippen LogP contribution is -1.98. The highest BCUT2D eigenvalue weighted by atomic mass is 14.8. The zero-order valence-corrected chi connectivity index (χ0v) is 9.09. The van der Waals surface area contributed by atoms with Gasteiger partial charge in [0.2, 0.25) is 0 Å². The van der Waals surface area contributed by atoms with Crippen LogP contribution in [0.25, 0.3) is 16.6 Å². The maximum Gasteiger partial charge on any atom is 0.0908 e. The average Bonchev–Trinajstić information content (AvgIpc) is 2.73. The second-order valence-corrected chi connectivity index (χ2v) is 4.19. The van der Waals surface area contributed by atoms with Crippen molar-refractivity contribution in [3.63, 3.8) is 0 Å². The Kier molecular flexibility index (Phi) is 1.61. The molecule has 2 aliphatic rings. The second-order valence-electron chi connectivity index (χ2n) is 4.19. The van der Waals surface area contributed by atoms with Gasteiger partial charge in [0.1, 0.15) is 0 Å². The van der Waals surface area contributed by atoms with Crippen LogP contribution in [0, 0.1) is 0 Å². The lowest BCUT2D eigenvalue weighted by molar-refractivity contribution is 1.29. The highest BCUT2D eigenvalue weighted by molar-refractivity contribution is 6.30. The lowest BCUT2D eigenvalue weighted by atomic mass is 9.97. The highest BCUT2D eigenvalue weighted by Gasteiger charge is 2.21. The molecule has 1 aliphatic heterocycles. The van der Waals surface area contributed by atoms with Crippen LogP contribution in [0.1, 0.15) is 12.0 Å². The minimum atomic E-state index is 0.905. The van der Waals surface area contributed by atoms with Gasteiger partial charge in [0.05, 0.1) is 22.4 Å². The average molecular weight is 219 g/mol. The maximum absolute atomic E-state index is 4.65. The van der Waals surface area contributed by atoms with E-state index >= 15 is 0 Å². The number of aromatic nitrogens is 2. The summed E-state index contributed by atoms with van der Waals surface area (Å²) >= 11 is 0. The van der Waals surface area contributed by atoms with Crippen LogP contribution in [0.3, 0.4) is 0 Å². The fourth-order valence-corrected chi connectivity index (χ4v) is 2.35. The summed E-state index contributed by atoms with van der Waals surface area (Å²) in [5, 5.41) is 0. The Labute approximate surface area is 98.2 Å². The summed E-state index contributed by atoms with van der Waals surface area (Å²) in [5.74, 6) is 0. The van der Waals surface area contributed by atoms with E-state index < -0.39 is 0 Å². The molecule has 0 spiro atoms. The molecule has 1 aliphatic carbocycles. The van der Waals surface area contributed by atoms with Crippen molar-refractivity contribution in [3.05, 3.63) is 48.3 Å². The Morgan fingerprint density at radius 2 is 1.82 bits per heavy atom. The Balaban J connectivity index is 2.05. The quantitative estimate of drug-likeness (QED) is 0.683. The number of nitrogens with zero attached hydrogens (tertiary/aromatic N) is 3. The van der Waals surface area contributed by atoms with Gasteiger partial charge in [0, 0.05) is 30.0 Å². The molecule has 1 aromatic heterocycles. The van der Waals surface area contributed by atoms with Gasteiger partial charge in [-0.25, -0.2) is 0 Å². The SMILES string of the molecule is C1=CCC2=Nc3cc4nccnc4cc3C2=C1. The fourth-order valence-electron chi connectivity index (χ4n) is 2.35.